The van der Waals surface area contributed by atoms with E-state index in [1.807, 2.05) is 0 Å². The van der Waals surface area contributed by atoms with Gasteiger partial charge in [-0.1, -0.05) is 0 Å². The fraction of sp³-hybridized carbons (Fsp3) is 0.143. The maximum atomic E-state index is 10.5. The molecule has 0 unspecified atom stereocenters. The summed E-state index contributed by atoms with van der Waals surface area (Å²) in [6.07, 6.45) is 0. The lowest BCUT2D eigenvalue weighted by Gasteiger charge is -1.90. The Morgan fingerprint density at radius 2 is 1.62 bits per heavy atom. The van der Waals surface area contributed by atoms with Gasteiger partial charge < -0.3 is 15.3 Å². The van der Waals surface area contributed by atoms with Crippen molar-refractivity contribution in [3.8, 4) is 5.75 Å². The summed E-state index contributed by atoms with van der Waals surface area (Å²) < 4.78 is 0. The van der Waals surface area contributed by atoms with Crippen LogP contribution in [0.25, 0.3) is 0 Å². The van der Waals surface area contributed by atoms with Crippen LogP contribution in [0.5, 0.6) is 5.75 Å². The molecule has 13 heavy (non-hydrogen) atoms. The zero-order chi connectivity index (χ0) is 10.2. The number of aromatic hydroxyl groups is 1. The number of carboxylic acids is 2. The van der Waals surface area contributed by atoms with Crippen LogP contribution >= 0.6 is 11.3 Å². The first-order valence-electron chi connectivity index (χ1n) is 3.24. The maximum absolute atomic E-state index is 10.5. The second-order valence-electron chi connectivity index (χ2n) is 2.34. The van der Waals surface area contributed by atoms with E-state index < -0.39 is 17.7 Å². The number of carbonyl (C=O) groups is 2. The van der Waals surface area contributed by atoms with Crippen LogP contribution in [-0.4, -0.2) is 27.3 Å². The Morgan fingerprint density at radius 1 is 1.15 bits per heavy atom. The predicted molar refractivity (Wildman–Crippen MR) is 44.6 cm³/mol. The van der Waals surface area contributed by atoms with E-state index in [0.29, 0.717) is 11.3 Å². The summed E-state index contributed by atoms with van der Waals surface area (Å²) in [5.74, 6) is -3.02. The summed E-state index contributed by atoms with van der Waals surface area (Å²) in [6, 6.07) is 0. The second kappa shape index (κ2) is 3.06. The summed E-state index contributed by atoms with van der Waals surface area (Å²) in [7, 11) is 0. The van der Waals surface area contributed by atoms with Crippen LogP contribution < -0.4 is 0 Å². The van der Waals surface area contributed by atoms with Gasteiger partial charge in [0.05, 0.1) is 0 Å². The highest BCUT2D eigenvalue weighted by atomic mass is 32.1. The average molecular weight is 202 g/mol. The summed E-state index contributed by atoms with van der Waals surface area (Å²) in [5.41, 5.74) is 0.0925. The van der Waals surface area contributed by atoms with Crippen molar-refractivity contribution in [3.63, 3.8) is 0 Å². The number of thiophene rings is 1. The minimum Gasteiger partial charge on any atom is -0.506 e. The molecule has 0 saturated carbocycles. The Labute approximate surface area is 76.9 Å². The van der Waals surface area contributed by atoms with Gasteiger partial charge in [0.15, 0.2) is 4.88 Å². The van der Waals surface area contributed by atoms with Crippen LogP contribution in [0.15, 0.2) is 0 Å². The number of hydrogen-bond donors (Lipinski definition) is 3. The Morgan fingerprint density at radius 3 is 1.85 bits per heavy atom. The molecule has 5 nitrogen and oxygen atoms in total. The molecule has 1 rings (SSSR count). The molecule has 0 aliphatic heterocycles. The zero-order valence-electron chi connectivity index (χ0n) is 6.57. The van der Waals surface area contributed by atoms with Gasteiger partial charge >= 0.3 is 11.9 Å². The van der Waals surface area contributed by atoms with E-state index >= 15 is 0 Å². The second-order valence-corrected chi connectivity index (χ2v) is 3.36. The normalized spacial score (nSPS) is 9.92. The standard InChI is InChI=1S/C7H6O5S/c1-2-3(8)5(7(11)12)13-4(2)6(9)10/h8H,1H3,(H,9,10)(H,11,12). The third-order valence-corrected chi connectivity index (χ3v) is 2.76. The Hall–Kier alpha value is -1.56. The van der Waals surface area contributed by atoms with Crippen molar-refractivity contribution in [1.29, 1.82) is 0 Å². The van der Waals surface area contributed by atoms with Gasteiger partial charge in [-0.15, -0.1) is 11.3 Å². The summed E-state index contributed by atoms with van der Waals surface area (Å²) in [4.78, 5) is 20.5. The molecule has 0 atom stereocenters. The van der Waals surface area contributed by atoms with E-state index in [2.05, 4.69) is 0 Å². The van der Waals surface area contributed by atoms with E-state index in [-0.39, 0.29) is 15.3 Å². The molecule has 0 saturated heterocycles. The van der Waals surface area contributed by atoms with Crippen molar-refractivity contribution >= 4 is 23.3 Å². The minimum atomic E-state index is -1.32. The van der Waals surface area contributed by atoms with Crippen LogP contribution in [0.2, 0.25) is 0 Å². The molecular formula is C7H6O5S. The highest BCUT2D eigenvalue weighted by molar-refractivity contribution is 7.16. The third kappa shape index (κ3) is 1.48. The molecule has 0 aliphatic carbocycles. The lowest BCUT2D eigenvalue weighted by molar-refractivity contribution is 0.0690. The SMILES string of the molecule is Cc1c(C(=O)O)sc(C(=O)O)c1O. The van der Waals surface area contributed by atoms with E-state index in [9.17, 15) is 14.7 Å². The Balaban J connectivity index is 3.36. The fourth-order valence-corrected chi connectivity index (χ4v) is 1.73. The number of aromatic carboxylic acids is 2. The van der Waals surface area contributed by atoms with Gasteiger partial charge in [-0.3, -0.25) is 0 Å². The van der Waals surface area contributed by atoms with Crippen molar-refractivity contribution in [2.24, 2.45) is 0 Å². The molecule has 0 spiro atoms. The number of hydrogen-bond acceptors (Lipinski definition) is 4. The molecule has 70 valence electrons. The van der Waals surface area contributed by atoms with E-state index in [4.69, 9.17) is 10.2 Å². The van der Waals surface area contributed by atoms with Crippen LogP contribution in [-0.2, 0) is 0 Å². The molecule has 0 fully saturated rings. The van der Waals surface area contributed by atoms with Crippen LogP contribution in [0.3, 0.4) is 0 Å². The van der Waals surface area contributed by atoms with E-state index in [1.165, 1.54) is 6.92 Å². The van der Waals surface area contributed by atoms with Crippen molar-refractivity contribution < 1.29 is 24.9 Å². The quantitative estimate of drug-likeness (QED) is 0.668. The lowest BCUT2D eigenvalue weighted by Crippen LogP contribution is -1.93. The molecule has 6 heteroatoms. The molecule has 0 aromatic carbocycles. The molecule has 0 amide bonds. The average Bonchev–Trinajstić information content (AvgIpc) is 2.29. The van der Waals surface area contributed by atoms with Crippen LogP contribution in [0.4, 0.5) is 0 Å². The van der Waals surface area contributed by atoms with Gasteiger partial charge in [-0.05, 0) is 6.92 Å². The largest absolute Gasteiger partial charge is 0.506 e. The highest BCUT2D eigenvalue weighted by Gasteiger charge is 2.22. The van der Waals surface area contributed by atoms with Crippen molar-refractivity contribution in [2.75, 3.05) is 0 Å². The van der Waals surface area contributed by atoms with Crippen LogP contribution in [0, 0.1) is 6.92 Å². The van der Waals surface area contributed by atoms with Crippen molar-refractivity contribution in [3.05, 3.63) is 15.3 Å². The lowest BCUT2D eigenvalue weighted by atomic mass is 10.2. The van der Waals surface area contributed by atoms with Gasteiger partial charge in [0.2, 0.25) is 0 Å². The summed E-state index contributed by atoms with van der Waals surface area (Å²) >= 11 is 0.553. The van der Waals surface area contributed by atoms with E-state index in [1.54, 1.807) is 0 Å². The van der Waals surface area contributed by atoms with Gasteiger partial charge in [-0.25, -0.2) is 9.59 Å². The Kier molecular flexibility index (Phi) is 2.24. The molecule has 0 radical (unpaired) electrons. The van der Waals surface area contributed by atoms with Gasteiger partial charge in [0, 0.05) is 5.56 Å². The highest BCUT2D eigenvalue weighted by Crippen LogP contribution is 2.33. The first-order valence-corrected chi connectivity index (χ1v) is 4.05. The number of carboxylic acid groups (broad SMARTS) is 2. The predicted octanol–water partition coefficient (Wildman–Crippen LogP) is 1.16. The summed E-state index contributed by atoms with van der Waals surface area (Å²) in [6.45, 7) is 1.36. The number of rotatable bonds is 2. The maximum Gasteiger partial charge on any atom is 0.349 e. The first-order chi connectivity index (χ1) is 5.95. The Bertz CT molecular complexity index is 344. The zero-order valence-corrected chi connectivity index (χ0v) is 7.38. The van der Waals surface area contributed by atoms with Crippen molar-refractivity contribution in [1.82, 2.24) is 0 Å². The van der Waals surface area contributed by atoms with Gasteiger partial charge in [0.1, 0.15) is 10.6 Å². The van der Waals surface area contributed by atoms with Crippen LogP contribution in [0.1, 0.15) is 24.9 Å². The minimum absolute atomic E-state index is 0.0925. The summed E-state index contributed by atoms with van der Waals surface area (Å²) in [5, 5.41) is 26.3. The smallest absolute Gasteiger partial charge is 0.349 e. The third-order valence-electron chi connectivity index (χ3n) is 1.50. The monoisotopic (exact) mass is 202 g/mol. The topological polar surface area (TPSA) is 94.8 Å². The molecule has 3 N–H and O–H groups in total. The molecule has 0 aliphatic rings. The van der Waals surface area contributed by atoms with Gasteiger partial charge in [0.25, 0.3) is 0 Å². The molecule has 1 heterocycles. The molecule has 0 bridgehead atoms. The van der Waals surface area contributed by atoms with Crippen molar-refractivity contribution in [2.45, 2.75) is 6.92 Å². The molecular weight excluding hydrogens is 196 g/mol. The first kappa shape index (κ1) is 9.53. The molecule has 1 aromatic rings. The van der Waals surface area contributed by atoms with E-state index in [0.717, 1.165) is 0 Å². The molecule has 1 aromatic heterocycles. The van der Waals surface area contributed by atoms with Gasteiger partial charge in [-0.2, -0.15) is 0 Å². The fourth-order valence-electron chi connectivity index (χ4n) is 0.854.